The van der Waals surface area contributed by atoms with Crippen LogP contribution in [0.5, 0.6) is 0 Å². The third-order valence-electron chi connectivity index (χ3n) is 3.16. The number of piperidine rings is 1. The third-order valence-corrected chi connectivity index (χ3v) is 3.66. The van der Waals surface area contributed by atoms with Crippen LogP contribution >= 0.6 is 15.9 Å². The molecule has 1 N–H and O–H groups in total. The predicted octanol–water partition coefficient (Wildman–Crippen LogP) is 2.62. The molecule has 1 saturated heterocycles. The maximum Gasteiger partial charge on any atom is 0.238 e. The molecule has 1 unspecified atom stereocenters. The van der Waals surface area contributed by atoms with Crippen molar-refractivity contribution in [3.8, 4) is 6.07 Å². The summed E-state index contributed by atoms with van der Waals surface area (Å²) in [5.41, 5.74) is 0.785. The van der Waals surface area contributed by atoms with Crippen LogP contribution in [0.4, 0.5) is 5.69 Å². The van der Waals surface area contributed by atoms with Crippen LogP contribution in [0, 0.1) is 17.2 Å². The fraction of sp³-hybridized carbons (Fsp3) is 0.429. The number of benzene rings is 1. The van der Waals surface area contributed by atoms with Gasteiger partial charge in [0.25, 0.3) is 0 Å². The Bertz CT molecular complexity index is 498. The van der Waals surface area contributed by atoms with Gasteiger partial charge in [0.2, 0.25) is 5.91 Å². The van der Waals surface area contributed by atoms with Gasteiger partial charge in [0, 0.05) is 16.7 Å². The zero-order chi connectivity index (χ0) is 13.7. The minimum atomic E-state index is -0.0308. The summed E-state index contributed by atoms with van der Waals surface area (Å²) in [6.45, 7) is 1.94. The monoisotopic (exact) mass is 321 g/mol. The van der Waals surface area contributed by atoms with Crippen LogP contribution in [0.25, 0.3) is 0 Å². The SMILES string of the molecule is N#CC1CCCN(CC(=O)Nc2cccc(Br)c2)C1. The highest BCUT2D eigenvalue weighted by Crippen LogP contribution is 2.17. The number of carbonyl (C=O) groups excluding carboxylic acids is 1. The predicted molar refractivity (Wildman–Crippen MR) is 77.5 cm³/mol. The molecule has 4 nitrogen and oxygen atoms in total. The molecule has 1 heterocycles. The van der Waals surface area contributed by atoms with Gasteiger partial charge < -0.3 is 5.32 Å². The van der Waals surface area contributed by atoms with Gasteiger partial charge in [-0.05, 0) is 37.6 Å². The first-order chi connectivity index (χ1) is 9.17. The average molecular weight is 322 g/mol. The maximum atomic E-state index is 11.9. The van der Waals surface area contributed by atoms with E-state index >= 15 is 0 Å². The first-order valence-electron chi connectivity index (χ1n) is 6.35. The molecule has 0 spiro atoms. The molecule has 1 amide bonds. The summed E-state index contributed by atoms with van der Waals surface area (Å²) < 4.78 is 0.938. The van der Waals surface area contributed by atoms with Crippen molar-refractivity contribution in [1.82, 2.24) is 4.90 Å². The molecule has 1 atom stereocenters. The summed E-state index contributed by atoms with van der Waals surface area (Å²) >= 11 is 3.37. The number of anilines is 1. The second-order valence-electron chi connectivity index (χ2n) is 4.76. The van der Waals surface area contributed by atoms with Crippen molar-refractivity contribution in [2.24, 2.45) is 5.92 Å². The van der Waals surface area contributed by atoms with Crippen LogP contribution in [-0.4, -0.2) is 30.4 Å². The van der Waals surface area contributed by atoms with E-state index in [1.165, 1.54) is 0 Å². The first-order valence-corrected chi connectivity index (χ1v) is 7.14. The van der Waals surface area contributed by atoms with Crippen LogP contribution in [0.3, 0.4) is 0 Å². The lowest BCUT2D eigenvalue weighted by atomic mass is 10.00. The summed E-state index contributed by atoms with van der Waals surface area (Å²) in [5, 5.41) is 11.8. The molecule has 1 aliphatic heterocycles. The largest absolute Gasteiger partial charge is 0.325 e. The number of nitrogens with one attached hydrogen (secondary N) is 1. The number of likely N-dealkylation sites (tertiary alicyclic amines) is 1. The van der Waals surface area contributed by atoms with E-state index in [1.54, 1.807) is 0 Å². The van der Waals surface area contributed by atoms with Crippen molar-refractivity contribution in [3.05, 3.63) is 28.7 Å². The van der Waals surface area contributed by atoms with Crippen molar-refractivity contribution in [3.63, 3.8) is 0 Å². The van der Waals surface area contributed by atoms with E-state index in [9.17, 15) is 4.79 Å². The zero-order valence-electron chi connectivity index (χ0n) is 10.6. The van der Waals surface area contributed by atoms with E-state index in [0.717, 1.165) is 29.5 Å². The molecule has 0 bridgehead atoms. The topological polar surface area (TPSA) is 56.1 Å². The summed E-state index contributed by atoms with van der Waals surface area (Å²) in [5.74, 6) is 0.0316. The lowest BCUT2D eigenvalue weighted by molar-refractivity contribution is -0.117. The van der Waals surface area contributed by atoms with Crippen LogP contribution in [0.15, 0.2) is 28.7 Å². The third kappa shape index (κ3) is 4.34. The number of carbonyl (C=O) groups is 1. The summed E-state index contributed by atoms with van der Waals surface area (Å²) in [6, 6.07) is 9.81. The molecule has 5 heteroatoms. The standard InChI is InChI=1S/C14H16BrN3O/c15-12-4-1-5-13(7-12)17-14(19)10-18-6-2-3-11(8-16)9-18/h1,4-5,7,11H,2-3,6,9-10H2,(H,17,19). The fourth-order valence-corrected chi connectivity index (χ4v) is 2.67. The molecule has 1 fully saturated rings. The molecule has 0 saturated carbocycles. The van der Waals surface area contributed by atoms with Gasteiger partial charge in [-0.15, -0.1) is 0 Å². The Morgan fingerprint density at radius 3 is 3.16 bits per heavy atom. The Morgan fingerprint density at radius 1 is 1.58 bits per heavy atom. The van der Waals surface area contributed by atoms with E-state index in [2.05, 4.69) is 27.3 Å². The second kappa shape index (κ2) is 6.69. The number of hydrogen-bond acceptors (Lipinski definition) is 3. The normalized spacial score (nSPS) is 19.7. The number of nitrogens with zero attached hydrogens (tertiary/aromatic N) is 2. The Morgan fingerprint density at radius 2 is 2.42 bits per heavy atom. The molecule has 1 aromatic rings. The van der Waals surface area contributed by atoms with E-state index in [1.807, 2.05) is 29.2 Å². The molecule has 0 radical (unpaired) electrons. The van der Waals surface area contributed by atoms with Crippen molar-refractivity contribution < 1.29 is 4.79 Å². The maximum absolute atomic E-state index is 11.9. The van der Waals surface area contributed by atoms with Crippen LogP contribution in [0.2, 0.25) is 0 Å². The molecule has 1 aliphatic rings. The Labute approximate surface area is 121 Å². The van der Waals surface area contributed by atoms with E-state index < -0.39 is 0 Å². The van der Waals surface area contributed by atoms with Gasteiger partial charge in [-0.1, -0.05) is 22.0 Å². The number of nitriles is 1. The fourth-order valence-electron chi connectivity index (χ4n) is 2.27. The second-order valence-corrected chi connectivity index (χ2v) is 5.68. The van der Waals surface area contributed by atoms with Gasteiger partial charge in [0.1, 0.15) is 0 Å². The molecular weight excluding hydrogens is 306 g/mol. The van der Waals surface area contributed by atoms with Gasteiger partial charge in [-0.25, -0.2) is 0 Å². The highest BCUT2D eigenvalue weighted by atomic mass is 79.9. The number of hydrogen-bond donors (Lipinski definition) is 1. The van der Waals surface area contributed by atoms with Crippen LogP contribution in [-0.2, 0) is 4.79 Å². The molecule has 1 aromatic carbocycles. The average Bonchev–Trinajstić information content (AvgIpc) is 2.38. The Kier molecular flexibility index (Phi) is 4.94. The molecular formula is C14H16BrN3O. The van der Waals surface area contributed by atoms with Crippen LogP contribution < -0.4 is 5.32 Å². The molecule has 19 heavy (non-hydrogen) atoms. The highest BCUT2D eigenvalue weighted by Gasteiger charge is 2.21. The zero-order valence-corrected chi connectivity index (χ0v) is 12.2. The van der Waals surface area contributed by atoms with Crippen molar-refractivity contribution in [2.75, 3.05) is 25.0 Å². The van der Waals surface area contributed by atoms with Crippen molar-refractivity contribution in [1.29, 1.82) is 5.26 Å². The lowest BCUT2D eigenvalue weighted by Crippen LogP contribution is -2.40. The number of halogens is 1. The van der Waals surface area contributed by atoms with Gasteiger partial charge >= 0.3 is 0 Å². The van der Waals surface area contributed by atoms with Gasteiger partial charge in [-0.2, -0.15) is 5.26 Å². The van der Waals surface area contributed by atoms with Gasteiger partial charge in [-0.3, -0.25) is 9.69 Å². The van der Waals surface area contributed by atoms with Gasteiger partial charge in [0.15, 0.2) is 0 Å². The van der Waals surface area contributed by atoms with Crippen LogP contribution in [0.1, 0.15) is 12.8 Å². The molecule has 100 valence electrons. The smallest absolute Gasteiger partial charge is 0.238 e. The van der Waals surface area contributed by atoms with Crippen molar-refractivity contribution in [2.45, 2.75) is 12.8 Å². The lowest BCUT2D eigenvalue weighted by Gasteiger charge is -2.28. The summed E-state index contributed by atoms with van der Waals surface area (Å²) in [7, 11) is 0. The quantitative estimate of drug-likeness (QED) is 0.931. The van der Waals surface area contributed by atoms with Crippen molar-refractivity contribution >= 4 is 27.5 Å². The van der Waals surface area contributed by atoms with E-state index in [-0.39, 0.29) is 11.8 Å². The Hall–Kier alpha value is -1.38. The first kappa shape index (κ1) is 14.0. The minimum absolute atomic E-state index is 0.0308. The Balaban J connectivity index is 1.86. The van der Waals surface area contributed by atoms with E-state index in [0.29, 0.717) is 13.1 Å². The van der Waals surface area contributed by atoms with Gasteiger partial charge in [0.05, 0.1) is 18.5 Å². The molecule has 0 aromatic heterocycles. The summed E-state index contributed by atoms with van der Waals surface area (Å²) in [4.78, 5) is 14.0. The molecule has 0 aliphatic carbocycles. The highest BCUT2D eigenvalue weighted by molar-refractivity contribution is 9.10. The molecule has 2 rings (SSSR count). The number of amides is 1. The minimum Gasteiger partial charge on any atom is -0.325 e. The van der Waals surface area contributed by atoms with E-state index in [4.69, 9.17) is 5.26 Å². The number of rotatable bonds is 3. The summed E-state index contributed by atoms with van der Waals surface area (Å²) in [6.07, 6.45) is 1.93.